The molecule has 0 heterocycles. The molecule has 152 valence electrons. The highest BCUT2D eigenvalue weighted by molar-refractivity contribution is 6.32. The van der Waals surface area contributed by atoms with Crippen molar-refractivity contribution < 1.29 is 14.6 Å². The highest BCUT2D eigenvalue weighted by Crippen LogP contribution is 2.37. The van der Waals surface area contributed by atoms with E-state index in [4.69, 9.17) is 27.9 Å². The minimum absolute atomic E-state index is 0.157. The fourth-order valence-corrected chi connectivity index (χ4v) is 2.92. The van der Waals surface area contributed by atoms with Gasteiger partial charge in [-0.25, -0.2) is 0 Å². The second-order valence-corrected chi connectivity index (χ2v) is 6.91. The SMILES string of the molecule is Cc1c(Cl)cccc1N=Cc1ccc(Oc2ccc([N+](=O)[O-])cc2[N+](=O)[O-])c(Cl)c1. The summed E-state index contributed by atoms with van der Waals surface area (Å²) in [6.07, 6.45) is 1.60. The molecule has 0 amide bonds. The van der Waals surface area contributed by atoms with Gasteiger partial charge in [0.05, 0.1) is 26.6 Å². The lowest BCUT2D eigenvalue weighted by Gasteiger charge is -2.08. The molecule has 3 aromatic carbocycles. The lowest BCUT2D eigenvalue weighted by molar-refractivity contribution is -0.394. The normalized spacial score (nSPS) is 10.9. The average molecular weight is 446 g/mol. The molecule has 0 aromatic heterocycles. The van der Waals surface area contributed by atoms with E-state index in [0.717, 1.165) is 23.8 Å². The Morgan fingerprint density at radius 3 is 2.33 bits per heavy atom. The number of nitro groups is 2. The summed E-state index contributed by atoms with van der Waals surface area (Å²) in [6.45, 7) is 1.86. The first-order valence-electron chi connectivity index (χ1n) is 8.45. The predicted molar refractivity (Wildman–Crippen MR) is 115 cm³/mol. The molecule has 0 N–H and O–H groups in total. The molecule has 10 heteroatoms. The zero-order chi connectivity index (χ0) is 21.8. The van der Waals surface area contributed by atoms with Crippen LogP contribution in [-0.2, 0) is 0 Å². The van der Waals surface area contributed by atoms with E-state index in [2.05, 4.69) is 4.99 Å². The van der Waals surface area contributed by atoms with Crippen molar-refractivity contribution in [2.45, 2.75) is 6.92 Å². The number of ether oxygens (including phenoxy) is 1. The lowest BCUT2D eigenvalue weighted by Crippen LogP contribution is -1.96. The molecular weight excluding hydrogens is 433 g/mol. The molecule has 0 spiro atoms. The quantitative estimate of drug-likeness (QED) is 0.239. The van der Waals surface area contributed by atoms with Crippen LogP contribution in [0, 0.1) is 27.2 Å². The van der Waals surface area contributed by atoms with Crippen molar-refractivity contribution in [2.75, 3.05) is 0 Å². The molecule has 0 atom stereocenters. The fourth-order valence-electron chi connectivity index (χ4n) is 2.53. The molecule has 0 aliphatic carbocycles. The van der Waals surface area contributed by atoms with E-state index < -0.39 is 21.2 Å². The summed E-state index contributed by atoms with van der Waals surface area (Å²) >= 11 is 12.3. The summed E-state index contributed by atoms with van der Waals surface area (Å²) in [5.41, 5.74) is 1.27. The first kappa shape index (κ1) is 21.2. The van der Waals surface area contributed by atoms with Crippen LogP contribution in [0.15, 0.2) is 59.6 Å². The molecule has 0 radical (unpaired) electrons. The summed E-state index contributed by atoms with van der Waals surface area (Å²) in [6, 6.07) is 13.3. The van der Waals surface area contributed by atoms with Crippen LogP contribution >= 0.6 is 23.2 Å². The molecule has 3 rings (SSSR count). The Labute approximate surface area is 180 Å². The van der Waals surface area contributed by atoms with Crippen LogP contribution in [0.5, 0.6) is 11.5 Å². The zero-order valence-electron chi connectivity index (χ0n) is 15.4. The Bertz CT molecular complexity index is 1180. The van der Waals surface area contributed by atoms with Crippen LogP contribution in [0.25, 0.3) is 0 Å². The van der Waals surface area contributed by atoms with E-state index in [9.17, 15) is 20.2 Å². The number of rotatable bonds is 6. The number of hydrogen-bond donors (Lipinski definition) is 0. The van der Waals surface area contributed by atoms with Crippen molar-refractivity contribution in [2.24, 2.45) is 4.99 Å². The number of nitro benzene ring substituents is 2. The smallest absolute Gasteiger partial charge is 0.318 e. The van der Waals surface area contributed by atoms with Crippen LogP contribution in [0.3, 0.4) is 0 Å². The van der Waals surface area contributed by atoms with Gasteiger partial charge >= 0.3 is 5.69 Å². The maximum Gasteiger partial charge on any atom is 0.318 e. The predicted octanol–water partition coefficient (Wildman–Crippen LogP) is 6.66. The van der Waals surface area contributed by atoms with Crippen molar-refractivity contribution in [1.29, 1.82) is 0 Å². The molecule has 0 aliphatic rings. The molecular formula is C20H13Cl2N3O5. The van der Waals surface area contributed by atoms with E-state index in [1.54, 1.807) is 30.5 Å². The second kappa shape index (κ2) is 8.89. The third-order valence-corrected chi connectivity index (χ3v) is 4.82. The van der Waals surface area contributed by atoms with Crippen LogP contribution in [-0.4, -0.2) is 16.1 Å². The van der Waals surface area contributed by atoms with Gasteiger partial charge in [-0.3, -0.25) is 25.2 Å². The van der Waals surface area contributed by atoms with Gasteiger partial charge in [0.2, 0.25) is 5.75 Å². The van der Waals surface area contributed by atoms with E-state index in [-0.39, 0.29) is 16.5 Å². The number of non-ortho nitro benzene ring substituents is 1. The summed E-state index contributed by atoms with van der Waals surface area (Å²) < 4.78 is 5.53. The Balaban J connectivity index is 1.86. The summed E-state index contributed by atoms with van der Waals surface area (Å²) in [4.78, 5) is 25.0. The highest BCUT2D eigenvalue weighted by Gasteiger charge is 2.21. The van der Waals surface area contributed by atoms with Crippen molar-refractivity contribution in [3.8, 4) is 11.5 Å². The Kier molecular flexibility index (Phi) is 6.29. The van der Waals surface area contributed by atoms with E-state index in [1.165, 1.54) is 6.07 Å². The summed E-state index contributed by atoms with van der Waals surface area (Å²) in [7, 11) is 0. The maximum atomic E-state index is 11.2. The molecule has 3 aromatic rings. The number of benzene rings is 3. The van der Waals surface area contributed by atoms with Gasteiger partial charge in [0.15, 0.2) is 0 Å². The molecule has 0 unspecified atom stereocenters. The van der Waals surface area contributed by atoms with Crippen LogP contribution in [0.1, 0.15) is 11.1 Å². The van der Waals surface area contributed by atoms with Crippen molar-refractivity contribution in [3.63, 3.8) is 0 Å². The van der Waals surface area contributed by atoms with Crippen molar-refractivity contribution in [1.82, 2.24) is 0 Å². The van der Waals surface area contributed by atoms with Gasteiger partial charge in [-0.1, -0.05) is 29.3 Å². The molecule has 0 saturated heterocycles. The van der Waals surface area contributed by atoms with E-state index in [0.29, 0.717) is 16.3 Å². The number of hydrogen-bond acceptors (Lipinski definition) is 6. The Morgan fingerprint density at radius 2 is 1.67 bits per heavy atom. The maximum absolute atomic E-state index is 11.2. The topological polar surface area (TPSA) is 108 Å². The van der Waals surface area contributed by atoms with Crippen molar-refractivity contribution in [3.05, 3.63) is 96.0 Å². The van der Waals surface area contributed by atoms with Crippen LogP contribution in [0.4, 0.5) is 17.1 Å². The number of aliphatic imine (C=N–C) groups is 1. The second-order valence-electron chi connectivity index (χ2n) is 6.10. The first-order chi connectivity index (χ1) is 14.3. The van der Waals surface area contributed by atoms with Gasteiger partial charge in [0.1, 0.15) is 5.75 Å². The van der Waals surface area contributed by atoms with Crippen molar-refractivity contribution >= 4 is 46.5 Å². The monoisotopic (exact) mass is 445 g/mol. The molecule has 0 fully saturated rings. The molecule has 0 saturated carbocycles. The van der Waals surface area contributed by atoms with Crippen LogP contribution in [0.2, 0.25) is 10.0 Å². The van der Waals surface area contributed by atoms with Gasteiger partial charge in [-0.2, -0.15) is 0 Å². The minimum atomic E-state index is -0.759. The average Bonchev–Trinajstić information content (AvgIpc) is 2.70. The Hall–Kier alpha value is -3.49. The van der Waals surface area contributed by atoms with Gasteiger partial charge in [-0.15, -0.1) is 0 Å². The van der Waals surface area contributed by atoms with E-state index >= 15 is 0 Å². The molecule has 0 aliphatic heterocycles. The highest BCUT2D eigenvalue weighted by atomic mass is 35.5. The van der Waals surface area contributed by atoms with Gasteiger partial charge in [0, 0.05) is 17.3 Å². The van der Waals surface area contributed by atoms with Gasteiger partial charge in [-0.05, 0) is 54.4 Å². The first-order valence-corrected chi connectivity index (χ1v) is 9.21. The molecule has 8 nitrogen and oxygen atoms in total. The fraction of sp³-hybridized carbons (Fsp3) is 0.0500. The number of nitrogens with zero attached hydrogens (tertiary/aromatic N) is 3. The van der Waals surface area contributed by atoms with Crippen LogP contribution < -0.4 is 4.74 Å². The summed E-state index contributed by atoms with van der Waals surface area (Å²) in [5, 5.41) is 22.9. The lowest BCUT2D eigenvalue weighted by atomic mass is 10.2. The molecule has 30 heavy (non-hydrogen) atoms. The standard InChI is InChI=1S/C20H13Cl2N3O5/c1-12-15(21)3-2-4-17(12)23-11-13-5-7-19(16(22)9-13)30-20-8-6-14(24(26)27)10-18(20)25(28)29/h2-11H,1H3. The van der Waals surface area contributed by atoms with E-state index in [1.807, 2.05) is 13.0 Å². The number of halogens is 2. The van der Waals surface area contributed by atoms with Gasteiger partial charge < -0.3 is 4.74 Å². The minimum Gasteiger partial charge on any atom is -0.449 e. The zero-order valence-corrected chi connectivity index (χ0v) is 16.9. The summed E-state index contributed by atoms with van der Waals surface area (Å²) in [5.74, 6) is -0.00632. The third-order valence-electron chi connectivity index (χ3n) is 4.12. The largest absolute Gasteiger partial charge is 0.449 e. The van der Waals surface area contributed by atoms with Gasteiger partial charge in [0.25, 0.3) is 5.69 Å². The third kappa shape index (κ3) is 4.73. The molecule has 0 bridgehead atoms. The Morgan fingerprint density at radius 1 is 0.933 bits per heavy atom.